The van der Waals surface area contributed by atoms with Gasteiger partial charge in [0.15, 0.2) is 0 Å². The van der Waals surface area contributed by atoms with Crippen LogP contribution in [-0.2, 0) is 11.2 Å². The Labute approximate surface area is 114 Å². The van der Waals surface area contributed by atoms with E-state index in [0.717, 1.165) is 44.3 Å². The SMILES string of the molecule is CNC(=O)[C@@]1(CCCc2cnccn2)CCCN1C. The van der Waals surface area contributed by atoms with Crippen LogP contribution in [0.25, 0.3) is 0 Å². The normalized spacial score (nSPS) is 23.5. The zero-order valence-electron chi connectivity index (χ0n) is 11.7. The van der Waals surface area contributed by atoms with Crippen molar-refractivity contribution in [2.45, 2.75) is 37.6 Å². The number of carbonyl (C=O) groups excluding carboxylic acids is 1. The molecular formula is C14H22N4O. The molecule has 0 unspecified atom stereocenters. The number of aromatic nitrogens is 2. The van der Waals surface area contributed by atoms with E-state index in [1.54, 1.807) is 25.6 Å². The summed E-state index contributed by atoms with van der Waals surface area (Å²) < 4.78 is 0. The van der Waals surface area contributed by atoms with Gasteiger partial charge in [0, 0.05) is 25.6 Å². The van der Waals surface area contributed by atoms with Crippen molar-refractivity contribution in [1.82, 2.24) is 20.2 Å². The molecule has 0 aromatic carbocycles. The van der Waals surface area contributed by atoms with Gasteiger partial charge in [0.1, 0.15) is 5.54 Å². The Morgan fingerprint density at radius 3 is 2.95 bits per heavy atom. The first kappa shape index (κ1) is 13.9. The first-order valence-corrected chi connectivity index (χ1v) is 6.87. The molecule has 1 aliphatic heterocycles. The Kier molecular flexibility index (Phi) is 4.47. The van der Waals surface area contributed by atoms with Crippen LogP contribution in [0.1, 0.15) is 31.4 Å². The molecule has 1 fully saturated rings. The second-order valence-electron chi connectivity index (χ2n) is 5.19. The maximum Gasteiger partial charge on any atom is 0.240 e. The number of nitrogens with zero attached hydrogens (tertiary/aromatic N) is 3. The van der Waals surface area contributed by atoms with E-state index < -0.39 is 0 Å². The monoisotopic (exact) mass is 262 g/mol. The van der Waals surface area contributed by atoms with E-state index in [-0.39, 0.29) is 11.4 Å². The molecule has 0 radical (unpaired) electrons. The van der Waals surface area contributed by atoms with Crippen molar-refractivity contribution < 1.29 is 4.79 Å². The van der Waals surface area contributed by atoms with Crippen LogP contribution in [0, 0.1) is 0 Å². The van der Waals surface area contributed by atoms with Crippen molar-refractivity contribution in [1.29, 1.82) is 0 Å². The minimum absolute atomic E-state index is 0.145. The quantitative estimate of drug-likeness (QED) is 0.860. The fraction of sp³-hybridized carbons (Fsp3) is 0.643. The topological polar surface area (TPSA) is 58.1 Å². The van der Waals surface area contributed by atoms with Gasteiger partial charge in [-0.05, 0) is 45.7 Å². The maximum atomic E-state index is 12.2. The molecule has 5 heteroatoms. The highest BCUT2D eigenvalue weighted by Crippen LogP contribution is 2.32. The third-order valence-corrected chi connectivity index (χ3v) is 4.10. The molecule has 2 heterocycles. The molecule has 0 bridgehead atoms. The summed E-state index contributed by atoms with van der Waals surface area (Å²) in [5, 5.41) is 2.82. The van der Waals surface area contributed by atoms with Crippen molar-refractivity contribution >= 4 is 5.91 Å². The number of hydrogen-bond donors (Lipinski definition) is 1. The summed E-state index contributed by atoms with van der Waals surface area (Å²) in [5.41, 5.74) is 0.673. The summed E-state index contributed by atoms with van der Waals surface area (Å²) in [4.78, 5) is 22.7. The second kappa shape index (κ2) is 6.10. The molecule has 1 N–H and O–H groups in total. The van der Waals surface area contributed by atoms with Crippen LogP contribution in [0.15, 0.2) is 18.6 Å². The molecule has 104 valence electrons. The lowest BCUT2D eigenvalue weighted by molar-refractivity contribution is -0.131. The standard InChI is InChI=1S/C14H22N4O/c1-15-13(19)14(7-4-10-18(14)2)6-3-5-12-11-16-8-9-17-12/h8-9,11H,3-7,10H2,1-2H3,(H,15,19)/t14-/m1/s1. The van der Waals surface area contributed by atoms with Crippen LogP contribution in [0.5, 0.6) is 0 Å². The minimum atomic E-state index is -0.322. The maximum absolute atomic E-state index is 12.2. The average Bonchev–Trinajstić information content (AvgIpc) is 2.81. The summed E-state index contributed by atoms with van der Waals surface area (Å²) in [7, 11) is 3.77. The van der Waals surface area contributed by atoms with E-state index in [4.69, 9.17) is 0 Å². The largest absolute Gasteiger partial charge is 0.358 e. The van der Waals surface area contributed by atoms with Crippen LogP contribution < -0.4 is 5.32 Å². The predicted molar refractivity (Wildman–Crippen MR) is 73.6 cm³/mol. The van der Waals surface area contributed by atoms with Gasteiger partial charge in [0.25, 0.3) is 0 Å². The highest BCUT2D eigenvalue weighted by Gasteiger charge is 2.44. The number of nitrogens with one attached hydrogen (secondary N) is 1. The molecule has 1 aliphatic rings. The van der Waals surface area contributed by atoms with E-state index in [0.29, 0.717) is 0 Å². The lowest BCUT2D eigenvalue weighted by Gasteiger charge is -2.34. The molecule has 1 aromatic rings. The van der Waals surface area contributed by atoms with Gasteiger partial charge in [-0.25, -0.2) is 0 Å². The Morgan fingerprint density at radius 2 is 2.37 bits per heavy atom. The number of amides is 1. The average molecular weight is 262 g/mol. The van der Waals surface area contributed by atoms with Crippen LogP contribution in [0.3, 0.4) is 0 Å². The van der Waals surface area contributed by atoms with Crippen LogP contribution in [0.2, 0.25) is 0 Å². The van der Waals surface area contributed by atoms with E-state index in [1.807, 2.05) is 7.05 Å². The lowest BCUT2D eigenvalue weighted by atomic mass is 9.88. The van der Waals surface area contributed by atoms with E-state index >= 15 is 0 Å². The van der Waals surface area contributed by atoms with E-state index in [2.05, 4.69) is 20.2 Å². The smallest absolute Gasteiger partial charge is 0.240 e. The third kappa shape index (κ3) is 2.92. The molecule has 1 atom stereocenters. The summed E-state index contributed by atoms with van der Waals surface area (Å²) in [5.74, 6) is 0.145. The molecule has 0 spiro atoms. The summed E-state index contributed by atoms with van der Waals surface area (Å²) in [6.45, 7) is 0.999. The van der Waals surface area contributed by atoms with E-state index in [9.17, 15) is 4.79 Å². The van der Waals surface area contributed by atoms with Crippen molar-refractivity contribution in [3.63, 3.8) is 0 Å². The molecule has 1 aromatic heterocycles. The Hall–Kier alpha value is -1.49. The van der Waals surface area contributed by atoms with Crippen LogP contribution in [0.4, 0.5) is 0 Å². The van der Waals surface area contributed by atoms with Gasteiger partial charge in [-0.3, -0.25) is 19.7 Å². The summed E-state index contributed by atoms with van der Waals surface area (Å²) in [6.07, 6.45) is 9.94. The number of rotatable bonds is 5. The number of aryl methyl sites for hydroxylation is 1. The molecule has 19 heavy (non-hydrogen) atoms. The van der Waals surface area contributed by atoms with Crippen LogP contribution in [-0.4, -0.2) is 47.0 Å². The first-order chi connectivity index (χ1) is 9.19. The lowest BCUT2D eigenvalue weighted by Crippen LogP contribution is -2.53. The molecule has 5 nitrogen and oxygen atoms in total. The molecule has 1 amide bonds. The number of carbonyl (C=O) groups is 1. The molecule has 1 saturated heterocycles. The second-order valence-corrected chi connectivity index (χ2v) is 5.19. The first-order valence-electron chi connectivity index (χ1n) is 6.87. The van der Waals surface area contributed by atoms with Crippen molar-refractivity contribution in [2.75, 3.05) is 20.6 Å². The fourth-order valence-corrected chi connectivity index (χ4v) is 2.98. The number of hydrogen-bond acceptors (Lipinski definition) is 4. The Balaban J connectivity index is 1.96. The Morgan fingerprint density at radius 1 is 1.53 bits per heavy atom. The van der Waals surface area contributed by atoms with Gasteiger partial charge in [-0.2, -0.15) is 0 Å². The van der Waals surface area contributed by atoms with Crippen LogP contribution >= 0.6 is 0 Å². The van der Waals surface area contributed by atoms with Crippen molar-refractivity contribution in [3.05, 3.63) is 24.3 Å². The zero-order valence-corrected chi connectivity index (χ0v) is 11.7. The highest BCUT2D eigenvalue weighted by molar-refractivity contribution is 5.86. The number of likely N-dealkylation sites (N-methyl/N-ethyl adjacent to an activating group) is 2. The van der Waals surface area contributed by atoms with E-state index in [1.165, 1.54) is 0 Å². The summed E-state index contributed by atoms with van der Waals surface area (Å²) in [6, 6.07) is 0. The molecular weight excluding hydrogens is 240 g/mol. The fourth-order valence-electron chi connectivity index (χ4n) is 2.98. The highest BCUT2D eigenvalue weighted by atomic mass is 16.2. The minimum Gasteiger partial charge on any atom is -0.358 e. The van der Waals surface area contributed by atoms with Crippen molar-refractivity contribution in [3.8, 4) is 0 Å². The van der Waals surface area contributed by atoms with Gasteiger partial charge in [-0.1, -0.05) is 0 Å². The summed E-state index contributed by atoms with van der Waals surface area (Å²) >= 11 is 0. The third-order valence-electron chi connectivity index (χ3n) is 4.10. The van der Waals surface area contributed by atoms with Crippen molar-refractivity contribution in [2.24, 2.45) is 0 Å². The zero-order chi connectivity index (χ0) is 13.7. The van der Waals surface area contributed by atoms with Gasteiger partial charge in [-0.15, -0.1) is 0 Å². The molecule has 0 saturated carbocycles. The molecule has 0 aliphatic carbocycles. The molecule has 2 rings (SSSR count). The van der Waals surface area contributed by atoms with Gasteiger partial charge in [0.2, 0.25) is 5.91 Å². The van der Waals surface area contributed by atoms with Gasteiger partial charge >= 0.3 is 0 Å². The predicted octanol–water partition coefficient (Wildman–Crippen LogP) is 1.01. The van der Waals surface area contributed by atoms with Gasteiger partial charge in [0.05, 0.1) is 5.69 Å². The number of likely N-dealkylation sites (tertiary alicyclic amines) is 1. The Bertz CT molecular complexity index is 423. The van der Waals surface area contributed by atoms with Gasteiger partial charge < -0.3 is 5.32 Å².